The Balaban J connectivity index is 1.28. The molecule has 3 N–H and O–H groups in total. The number of fused-ring (bicyclic) bond motifs is 1. The van der Waals surface area contributed by atoms with Gasteiger partial charge in [-0.05, 0) is 60.5 Å². The molecule has 0 unspecified atom stereocenters. The summed E-state index contributed by atoms with van der Waals surface area (Å²) in [5.74, 6) is 0.347. The molecule has 3 aromatic carbocycles. The number of benzene rings is 3. The van der Waals surface area contributed by atoms with Crippen molar-refractivity contribution in [3.8, 4) is 5.75 Å². The van der Waals surface area contributed by atoms with Gasteiger partial charge in [-0.2, -0.15) is 0 Å². The van der Waals surface area contributed by atoms with E-state index in [1.165, 1.54) is 5.56 Å². The molecular weight excluding hydrogens is 480 g/mol. The van der Waals surface area contributed by atoms with Crippen LogP contribution in [0, 0.1) is 0 Å². The van der Waals surface area contributed by atoms with Crippen LogP contribution >= 0.6 is 0 Å². The molecule has 8 heteroatoms. The number of methoxy groups -OCH3 is 1. The van der Waals surface area contributed by atoms with E-state index in [1.807, 2.05) is 43.3 Å². The monoisotopic (exact) mass is 512 g/mol. The lowest BCUT2D eigenvalue weighted by Crippen LogP contribution is -2.35. The molecular formula is C30H32N4O4. The van der Waals surface area contributed by atoms with Crippen LogP contribution in [0.5, 0.6) is 5.75 Å². The zero-order valence-electron chi connectivity index (χ0n) is 21.6. The maximum absolute atomic E-state index is 13.0. The summed E-state index contributed by atoms with van der Waals surface area (Å²) >= 11 is 0. The van der Waals surface area contributed by atoms with E-state index in [9.17, 15) is 9.59 Å². The largest absolute Gasteiger partial charge is 0.497 e. The summed E-state index contributed by atoms with van der Waals surface area (Å²) in [7, 11) is 1.62. The van der Waals surface area contributed by atoms with Crippen molar-refractivity contribution in [3.05, 3.63) is 95.2 Å². The van der Waals surface area contributed by atoms with E-state index in [0.717, 1.165) is 49.8 Å². The number of ether oxygens (including phenoxy) is 2. The number of hydrogen-bond acceptors (Lipinski definition) is 6. The van der Waals surface area contributed by atoms with Crippen LogP contribution in [0.1, 0.15) is 40.0 Å². The number of carbonyl (C=O) groups excluding carboxylic acids is 2. The number of nitrogens with one attached hydrogen (secondary N) is 3. The zero-order chi connectivity index (χ0) is 26.5. The molecule has 196 valence electrons. The first-order valence-corrected chi connectivity index (χ1v) is 12.8. The van der Waals surface area contributed by atoms with E-state index in [4.69, 9.17) is 9.47 Å². The van der Waals surface area contributed by atoms with Gasteiger partial charge in [0.05, 0.1) is 31.9 Å². The maximum Gasteiger partial charge on any atom is 0.257 e. The summed E-state index contributed by atoms with van der Waals surface area (Å²) in [4.78, 5) is 28.1. The van der Waals surface area contributed by atoms with E-state index >= 15 is 0 Å². The van der Waals surface area contributed by atoms with E-state index < -0.39 is 0 Å². The van der Waals surface area contributed by atoms with Crippen molar-refractivity contribution in [2.75, 3.05) is 44.0 Å². The van der Waals surface area contributed by atoms with Gasteiger partial charge in [0.25, 0.3) is 11.8 Å². The van der Waals surface area contributed by atoms with Crippen LogP contribution in [-0.2, 0) is 16.1 Å². The molecule has 0 saturated carbocycles. The van der Waals surface area contributed by atoms with Gasteiger partial charge in [0.2, 0.25) is 0 Å². The van der Waals surface area contributed by atoms with Crippen molar-refractivity contribution in [3.63, 3.8) is 0 Å². The highest BCUT2D eigenvalue weighted by atomic mass is 16.5. The summed E-state index contributed by atoms with van der Waals surface area (Å²) in [6.07, 6.45) is 1.71. The summed E-state index contributed by atoms with van der Waals surface area (Å²) in [6, 6.07) is 20.8. The second-order valence-electron chi connectivity index (χ2n) is 9.47. The highest BCUT2D eigenvalue weighted by molar-refractivity contribution is 6.32. The number of carbonyl (C=O) groups is 2. The predicted octanol–water partition coefficient (Wildman–Crippen LogP) is 4.42. The number of morpholine rings is 1. The lowest BCUT2D eigenvalue weighted by molar-refractivity contribution is -0.110. The lowest BCUT2D eigenvalue weighted by atomic mass is 10.0. The molecule has 0 radical (unpaired) electrons. The summed E-state index contributed by atoms with van der Waals surface area (Å²) in [5.41, 5.74) is 5.40. The lowest BCUT2D eigenvalue weighted by Gasteiger charge is -2.26. The van der Waals surface area contributed by atoms with Crippen molar-refractivity contribution in [1.29, 1.82) is 0 Å². The summed E-state index contributed by atoms with van der Waals surface area (Å²) in [6.45, 7) is 6.16. The van der Waals surface area contributed by atoms with Crippen LogP contribution in [0.15, 0.2) is 72.9 Å². The second kappa shape index (κ2) is 11.5. The SMILES string of the molecule is COc1ccc([C@H](C)NC(=O)c2ccc3c(c2)C(=CNc2cccc(CN4CCOCC4)c2)C(=O)N3)cc1. The van der Waals surface area contributed by atoms with Crippen LogP contribution in [-0.4, -0.2) is 50.1 Å². The first kappa shape index (κ1) is 25.5. The summed E-state index contributed by atoms with van der Waals surface area (Å²) < 4.78 is 10.6. The molecule has 3 aromatic rings. The molecule has 0 spiro atoms. The van der Waals surface area contributed by atoms with Crippen LogP contribution in [0.3, 0.4) is 0 Å². The van der Waals surface area contributed by atoms with Crippen molar-refractivity contribution in [2.45, 2.75) is 19.5 Å². The number of hydrogen-bond donors (Lipinski definition) is 3. The average Bonchev–Trinajstić information content (AvgIpc) is 3.26. The molecule has 2 aliphatic rings. The van der Waals surface area contributed by atoms with Crippen molar-refractivity contribution < 1.29 is 19.1 Å². The highest BCUT2D eigenvalue weighted by Gasteiger charge is 2.25. The molecule has 2 heterocycles. The Labute approximate surface area is 222 Å². The Morgan fingerprint density at radius 1 is 1.11 bits per heavy atom. The number of rotatable bonds is 8. The van der Waals surface area contributed by atoms with Crippen LogP contribution in [0.25, 0.3) is 5.57 Å². The molecule has 2 amide bonds. The third-order valence-electron chi connectivity index (χ3n) is 6.85. The molecule has 38 heavy (non-hydrogen) atoms. The molecule has 1 atom stereocenters. The van der Waals surface area contributed by atoms with E-state index in [0.29, 0.717) is 22.4 Å². The summed E-state index contributed by atoms with van der Waals surface area (Å²) in [5, 5.41) is 9.19. The third-order valence-corrected chi connectivity index (χ3v) is 6.85. The van der Waals surface area contributed by atoms with Crippen molar-refractivity contribution >= 4 is 28.8 Å². The van der Waals surface area contributed by atoms with Crippen LogP contribution in [0.4, 0.5) is 11.4 Å². The fourth-order valence-electron chi connectivity index (χ4n) is 4.66. The quantitative estimate of drug-likeness (QED) is 0.387. The fourth-order valence-corrected chi connectivity index (χ4v) is 4.66. The topological polar surface area (TPSA) is 91.9 Å². The molecule has 0 bridgehead atoms. The molecule has 5 rings (SSSR count). The van der Waals surface area contributed by atoms with Crippen molar-refractivity contribution in [2.24, 2.45) is 0 Å². The Kier molecular flexibility index (Phi) is 7.72. The van der Waals surface area contributed by atoms with Gasteiger partial charge in [0.1, 0.15) is 5.75 Å². The van der Waals surface area contributed by atoms with Crippen LogP contribution in [0.2, 0.25) is 0 Å². The van der Waals surface area contributed by atoms with Gasteiger partial charge < -0.3 is 25.4 Å². The number of nitrogens with zero attached hydrogens (tertiary/aromatic N) is 1. The number of anilines is 2. The predicted molar refractivity (Wildman–Crippen MR) is 148 cm³/mol. The molecule has 8 nitrogen and oxygen atoms in total. The van der Waals surface area contributed by atoms with Gasteiger partial charge in [-0.15, -0.1) is 0 Å². The molecule has 1 fully saturated rings. The van der Waals surface area contributed by atoms with E-state index in [-0.39, 0.29) is 17.9 Å². The minimum Gasteiger partial charge on any atom is -0.497 e. The average molecular weight is 513 g/mol. The molecule has 0 aromatic heterocycles. The Hall–Kier alpha value is -4.14. The number of amides is 2. The van der Waals surface area contributed by atoms with Crippen LogP contribution < -0.4 is 20.7 Å². The molecule has 0 aliphatic carbocycles. The van der Waals surface area contributed by atoms with E-state index in [1.54, 1.807) is 31.5 Å². The van der Waals surface area contributed by atoms with Gasteiger partial charge in [-0.25, -0.2) is 0 Å². The normalized spacial score (nSPS) is 17.0. The van der Waals surface area contributed by atoms with Gasteiger partial charge >= 0.3 is 0 Å². The highest BCUT2D eigenvalue weighted by Crippen LogP contribution is 2.33. The van der Waals surface area contributed by atoms with E-state index in [2.05, 4.69) is 33.0 Å². The standard InChI is InChI=1S/C30H32N4O4/c1-20(22-6-9-25(37-2)10-7-22)32-29(35)23-8-11-28-26(17-23)27(30(36)33-28)18-31-24-5-3-4-21(16-24)19-34-12-14-38-15-13-34/h3-11,16-18,20,31H,12-15,19H2,1-2H3,(H,32,35)(H,33,36)/t20-/m0/s1. The third kappa shape index (κ3) is 5.88. The maximum atomic E-state index is 13.0. The molecule has 2 aliphatic heterocycles. The van der Waals surface area contributed by atoms with Gasteiger partial charge in [-0.3, -0.25) is 14.5 Å². The molecule has 1 saturated heterocycles. The van der Waals surface area contributed by atoms with Gasteiger partial charge in [0.15, 0.2) is 0 Å². The fraction of sp³-hybridized carbons (Fsp3) is 0.267. The van der Waals surface area contributed by atoms with Crippen molar-refractivity contribution in [1.82, 2.24) is 10.2 Å². The Morgan fingerprint density at radius 2 is 1.89 bits per heavy atom. The Morgan fingerprint density at radius 3 is 2.66 bits per heavy atom. The smallest absolute Gasteiger partial charge is 0.257 e. The minimum atomic E-state index is -0.210. The van der Waals surface area contributed by atoms with Gasteiger partial charge in [0, 0.05) is 48.3 Å². The second-order valence-corrected chi connectivity index (χ2v) is 9.47. The minimum absolute atomic E-state index is 0.192. The first-order chi connectivity index (χ1) is 18.5. The van der Waals surface area contributed by atoms with Gasteiger partial charge in [-0.1, -0.05) is 24.3 Å². The first-order valence-electron chi connectivity index (χ1n) is 12.8. The Bertz CT molecular complexity index is 1350. The zero-order valence-corrected chi connectivity index (χ0v) is 21.6.